The van der Waals surface area contributed by atoms with Crippen molar-refractivity contribution in [1.29, 1.82) is 0 Å². The molecule has 0 saturated heterocycles. The van der Waals surface area contributed by atoms with E-state index in [0.717, 1.165) is 107 Å². The summed E-state index contributed by atoms with van der Waals surface area (Å²) in [5.74, 6) is -2.81. The monoisotopic (exact) mass is 1180 g/mol. The van der Waals surface area contributed by atoms with Gasteiger partial charge in [0.25, 0.3) is 0 Å². The van der Waals surface area contributed by atoms with E-state index in [9.17, 15) is 17.6 Å². The molecule has 0 aliphatic rings. The minimum Gasteiger partial charge on any atom is -0.304 e. The second-order valence-corrected chi connectivity index (χ2v) is 19.0. The maximum atomic E-state index is 14.6. The number of hydrogen-bond donors (Lipinski definition) is 0. The Bertz CT molecular complexity index is 3990. The third-order valence-electron chi connectivity index (χ3n) is 14.0. The van der Waals surface area contributed by atoms with Gasteiger partial charge in [-0.15, -0.1) is 60.2 Å². The van der Waals surface area contributed by atoms with Crippen LogP contribution in [0.3, 0.4) is 0 Å². The van der Waals surface area contributed by atoms with Crippen LogP contribution in [0.1, 0.15) is 22.3 Å². The summed E-state index contributed by atoms with van der Waals surface area (Å²) in [5.41, 5.74) is 15.4. The SMILES string of the molecule is Fc1c[c-]c(-c2ccc(CCc3cc(CCc4ccc(-c5[c-]cc(F)cc5F)nc4)cc(-c4ccccc4-c4cnc(-c5[c-]cccc5)cc4-c4ccc5cc(-c6ccc7ccccc7c6)ccc5c4)c3)cn2)c(F)c1.[Ir+3]. The van der Waals surface area contributed by atoms with E-state index in [4.69, 9.17) is 4.98 Å². The smallest absolute Gasteiger partial charge is 0.304 e. The first-order valence-corrected chi connectivity index (χ1v) is 25.1. The van der Waals surface area contributed by atoms with Gasteiger partial charge in [0.1, 0.15) is 0 Å². The van der Waals surface area contributed by atoms with E-state index in [1.165, 1.54) is 16.3 Å². The summed E-state index contributed by atoms with van der Waals surface area (Å²) < 4.78 is 56.6. The van der Waals surface area contributed by atoms with Crippen molar-refractivity contribution < 1.29 is 37.7 Å². The molecular formula is C69H44F4IrN3. The standard InChI is InChI=1S/C69H44F4N3.Ir/c70-57-26-28-61(65(72)38-57)67-30-18-44(41-74-67)14-16-46-32-47(17-15-45-19-31-68(75-42-45)62-29-27-58(71)39-66(62)73)34-56(33-46)59-12-6-7-13-60(59)64-43-76-69(49-9-2-1-3-10-49)40-63(64)55-25-24-53-36-52(22-23-54(53)37-55)51-21-20-48-8-4-5-11-50(48)35-51;/h1-9,11-13,18-27,30-43H,14-17H2;/q-3;+3. The summed E-state index contributed by atoms with van der Waals surface area (Å²) >= 11 is 0. The summed E-state index contributed by atoms with van der Waals surface area (Å²) in [6.07, 6.45) is 8.15. The van der Waals surface area contributed by atoms with Gasteiger partial charge < -0.3 is 15.0 Å². The molecule has 0 atom stereocenters. The number of benzene rings is 9. The molecule has 0 saturated carbocycles. The molecule has 0 bridgehead atoms. The topological polar surface area (TPSA) is 38.7 Å². The van der Waals surface area contributed by atoms with Crippen LogP contribution in [0.2, 0.25) is 0 Å². The van der Waals surface area contributed by atoms with E-state index < -0.39 is 23.3 Å². The van der Waals surface area contributed by atoms with Crippen LogP contribution >= 0.6 is 0 Å². The van der Waals surface area contributed by atoms with Crippen molar-refractivity contribution in [2.75, 3.05) is 0 Å². The van der Waals surface area contributed by atoms with E-state index in [1.807, 2.05) is 42.6 Å². The third-order valence-corrected chi connectivity index (χ3v) is 14.0. The molecule has 8 heteroatoms. The van der Waals surface area contributed by atoms with E-state index in [-0.39, 0.29) is 31.2 Å². The second kappa shape index (κ2) is 22.3. The largest absolute Gasteiger partial charge is 3.00 e. The minimum absolute atomic E-state index is 0. The Kier molecular flexibility index (Phi) is 14.6. The number of pyridine rings is 3. The van der Waals surface area contributed by atoms with Gasteiger partial charge in [0.15, 0.2) is 0 Å². The van der Waals surface area contributed by atoms with Crippen molar-refractivity contribution in [2.24, 2.45) is 0 Å². The maximum absolute atomic E-state index is 14.6. The van der Waals surface area contributed by atoms with Crippen LogP contribution in [-0.4, -0.2) is 15.0 Å². The van der Waals surface area contributed by atoms with Crippen molar-refractivity contribution in [1.82, 2.24) is 15.0 Å². The van der Waals surface area contributed by atoms with Crippen LogP contribution < -0.4 is 0 Å². The molecule has 3 aromatic heterocycles. The summed E-state index contributed by atoms with van der Waals surface area (Å²) in [4.78, 5) is 14.1. The molecule has 372 valence electrons. The van der Waals surface area contributed by atoms with Gasteiger partial charge in [-0.25, -0.2) is 0 Å². The normalized spacial score (nSPS) is 11.2. The molecule has 12 rings (SSSR count). The Morgan fingerprint density at radius 3 is 1.42 bits per heavy atom. The predicted molar refractivity (Wildman–Crippen MR) is 297 cm³/mol. The molecule has 0 N–H and O–H groups in total. The zero-order valence-electron chi connectivity index (χ0n) is 41.3. The first kappa shape index (κ1) is 50.5. The predicted octanol–water partition coefficient (Wildman–Crippen LogP) is 17.4. The fraction of sp³-hybridized carbons (Fsp3) is 0.0580. The minimum atomic E-state index is -0.714. The molecule has 9 aromatic carbocycles. The summed E-state index contributed by atoms with van der Waals surface area (Å²) in [6.45, 7) is 0. The molecule has 77 heavy (non-hydrogen) atoms. The number of nitrogens with zero attached hydrogens (tertiary/aromatic N) is 3. The van der Waals surface area contributed by atoms with Gasteiger partial charge >= 0.3 is 20.1 Å². The number of aromatic nitrogens is 3. The number of hydrogen-bond acceptors (Lipinski definition) is 3. The van der Waals surface area contributed by atoms with Gasteiger partial charge in [0.05, 0.1) is 0 Å². The van der Waals surface area contributed by atoms with Crippen molar-refractivity contribution in [3.05, 3.63) is 283 Å². The van der Waals surface area contributed by atoms with Crippen LogP contribution in [0.25, 0.3) is 99.8 Å². The number of rotatable bonds is 13. The maximum Gasteiger partial charge on any atom is 3.00 e. The first-order chi connectivity index (χ1) is 37.2. The van der Waals surface area contributed by atoms with E-state index in [2.05, 4.69) is 156 Å². The van der Waals surface area contributed by atoms with Crippen molar-refractivity contribution in [2.45, 2.75) is 25.7 Å². The van der Waals surface area contributed by atoms with Crippen LogP contribution in [-0.2, 0) is 45.8 Å². The van der Waals surface area contributed by atoms with Gasteiger partial charge in [-0.2, -0.15) is 0 Å². The molecule has 0 fully saturated rings. The molecule has 3 nitrogen and oxygen atoms in total. The Balaban J connectivity index is 0.00000631. The average molecular weight is 1180 g/mol. The zero-order chi connectivity index (χ0) is 51.5. The molecule has 0 unspecified atom stereocenters. The van der Waals surface area contributed by atoms with Crippen molar-refractivity contribution in [3.63, 3.8) is 0 Å². The van der Waals surface area contributed by atoms with Gasteiger partial charge in [-0.05, 0) is 144 Å². The fourth-order valence-corrected chi connectivity index (χ4v) is 10.0. The molecule has 0 spiro atoms. The number of halogens is 4. The molecular weight excluding hydrogens is 1140 g/mol. The van der Waals surface area contributed by atoms with E-state index in [0.29, 0.717) is 37.1 Å². The van der Waals surface area contributed by atoms with Crippen LogP contribution in [0.5, 0.6) is 0 Å². The summed E-state index contributed by atoms with van der Waals surface area (Å²) in [5, 5.41) is 4.69. The van der Waals surface area contributed by atoms with Gasteiger partial charge in [-0.3, -0.25) is 17.6 Å². The van der Waals surface area contributed by atoms with E-state index in [1.54, 1.807) is 24.5 Å². The van der Waals surface area contributed by atoms with Crippen molar-refractivity contribution in [3.8, 4) is 78.3 Å². The second-order valence-electron chi connectivity index (χ2n) is 19.0. The zero-order valence-corrected chi connectivity index (χ0v) is 43.7. The van der Waals surface area contributed by atoms with Gasteiger partial charge in [0.2, 0.25) is 0 Å². The van der Waals surface area contributed by atoms with Gasteiger partial charge in [-0.1, -0.05) is 157 Å². The van der Waals surface area contributed by atoms with Crippen LogP contribution in [0.15, 0.2) is 219 Å². The number of aryl methyl sites for hydroxylation is 4. The first-order valence-electron chi connectivity index (χ1n) is 25.1. The summed E-state index contributed by atoms with van der Waals surface area (Å²) in [6, 6.07) is 73.6. The van der Waals surface area contributed by atoms with Crippen molar-refractivity contribution >= 4 is 21.5 Å². The molecule has 0 aliphatic carbocycles. The summed E-state index contributed by atoms with van der Waals surface area (Å²) in [7, 11) is 0. The van der Waals surface area contributed by atoms with Crippen LogP contribution in [0, 0.1) is 41.5 Å². The third kappa shape index (κ3) is 11.0. The van der Waals surface area contributed by atoms with Crippen LogP contribution in [0.4, 0.5) is 17.6 Å². The Labute approximate surface area is 458 Å². The Morgan fingerprint density at radius 2 is 0.844 bits per heavy atom. The molecule has 0 amide bonds. The fourth-order valence-electron chi connectivity index (χ4n) is 10.0. The van der Waals surface area contributed by atoms with Gasteiger partial charge in [0, 0.05) is 47.4 Å². The molecule has 0 radical (unpaired) electrons. The number of fused-ring (bicyclic) bond motifs is 2. The Hall–Kier alpha value is -8.68. The quantitative estimate of drug-likeness (QED) is 0.0853. The Morgan fingerprint density at radius 1 is 0.338 bits per heavy atom. The molecule has 0 aliphatic heterocycles. The molecule has 12 aromatic rings. The average Bonchev–Trinajstić information content (AvgIpc) is 3.46. The van der Waals surface area contributed by atoms with E-state index >= 15 is 0 Å². The molecule has 3 heterocycles.